The zero-order chi connectivity index (χ0) is 11.5. The summed E-state index contributed by atoms with van der Waals surface area (Å²) in [4.78, 5) is 13.4. The molecule has 0 unspecified atom stereocenters. The molecule has 82 valence electrons. The van der Waals surface area contributed by atoms with Gasteiger partial charge in [0.05, 0.1) is 5.88 Å². The summed E-state index contributed by atoms with van der Waals surface area (Å²) < 4.78 is 0. The Hall–Kier alpha value is -0.600. The second-order valence-corrected chi connectivity index (χ2v) is 5.77. The summed E-state index contributed by atoms with van der Waals surface area (Å²) in [5.74, 6) is -0.00375. The zero-order valence-electron chi connectivity index (χ0n) is 9.21. The molecule has 0 aliphatic heterocycles. The molecule has 0 fully saturated rings. The second kappa shape index (κ2) is 4.95. The van der Waals surface area contributed by atoms with Crippen molar-refractivity contribution < 1.29 is 4.79 Å². The number of halogens is 1. The molecule has 1 aromatic heterocycles. The van der Waals surface area contributed by atoms with Gasteiger partial charge in [-0.15, -0.1) is 22.9 Å². The maximum Gasteiger partial charge on any atom is 0.170 e. The Morgan fingerprint density at radius 2 is 2.13 bits per heavy atom. The van der Waals surface area contributed by atoms with Gasteiger partial charge >= 0.3 is 0 Å². The lowest BCUT2D eigenvalue weighted by atomic mass is 9.95. The van der Waals surface area contributed by atoms with Gasteiger partial charge < -0.3 is 0 Å². The van der Waals surface area contributed by atoms with E-state index in [-0.39, 0.29) is 17.1 Å². The van der Waals surface area contributed by atoms with E-state index in [1.165, 1.54) is 11.0 Å². The Labute approximate surface area is 99.8 Å². The largest absolute Gasteiger partial charge is 0.294 e. The van der Waals surface area contributed by atoms with Crippen molar-refractivity contribution in [3.05, 3.63) is 28.0 Å². The summed E-state index contributed by atoms with van der Waals surface area (Å²) in [6, 6.07) is 4.14. The first-order chi connectivity index (χ1) is 6.93. The van der Waals surface area contributed by atoms with Crippen LogP contribution in [0.1, 0.15) is 30.5 Å². The van der Waals surface area contributed by atoms with Crippen LogP contribution in [-0.2, 0) is 10.2 Å². The van der Waals surface area contributed by atoms with Crippen LogP contribution in [0.15, 0.2) is 18.2 Å². The number of hydrogen-bond donors (Lipinski definition) is 0. The predicted octanol–water partition coefficient (Wildman–Crippen LogP) is 3.87. The van der Waals surface area contributed by atoms with E-state index in [1.54, 1.807) is 11.3 Å². The second-order valence-electron chi connectivity index (χ2n) is 4.39. The molecule has 1 heterocycles. The average Bonchev–Trinajstić information content (AvgIpc) is 2.61. The number of thiophene rings is 1. The van der Waals surface area contributed by atoms with Gasteiger partial charge in [0.15, 0.2) is 5.78 Å². The van der Waals surface area contributed by atoms with Gasteiger partial charge in [-0.1, -0.05) is 20.8 Å². The Morgan fingerprint density at radius 3 is 2.60 bits per heavy atom. The molecule has 0 aliphatic rings. The molecule has 0 aromatic carbocycles. The highest BCUT2D eigenvalue weighted by Gasteiger charge is 2.15. The van der Waals surface area contributed by atoms with E-state index in [1.807, 2.05) is 12.1 Å². The van der Waals surface area contributed by atoms with Gasteiger partial charge in [0.25, 0.3) is 0 Å². The van der Waals surface area contributed by atoms with Crippen LogP contribution in [0.5, 0.6) is 0 Å². The van der Waals surface area contributed by atoms with E-state index < -0.39 is 0 Å². The summed E-state index contributed by atoms with van der Waals surface area (Å²) in [5, 5.41) is 0. The molecular weight excluding hydrogens is 228 g/mol. The lowest BCUT2D eigenvalue weighted by Gasteiger charge is -2.15. The maximum atomic E-state index is 11.0. The summed E-state index contributed by atoms with van der Waals surface area (Å²) in [6.45, 7) is 6.53. The first-order valence-electron chi connectivity index (χ1n) is 4.80. The van der Waals surface area contributed by atoms with Crippen LogP contribution in [0.2, 0.25) is 0 Å². The van der Waals surface area contributed by atoms with Crippen molar-refractivity contribution in [3.8, 4) is 0 Å². The molecule has 0 aliphatic carbocycles. The summed E-state index contributed by atoms with van der Waals surface area (Å²) in [6.07, 6.45) is 3.36. The van der Waals surface area contributed by atoms with Crippen LogP contribution in [-0.4, -0.2) is 11.7 Å². The molecule has 0 saturated heterocycles. The van der Waals surface area contributed by atoms with Gasteiger partial charge in [0, 0.05) is 9.75 Å². The maximum absolute atomic E-state index is 11.0. The lowest BCUT2D eigenvalue weighted by molar-refractivity contribution is -0.112. The van der Waals surface area contributed by atoms with Gasteiger partial charge in [-0.3, -0.25) is 4.79 Å². The van der Waals surface area contributed by atoms with Crippen molar-refractivity contribution in [1.82, 2.24) is 0 Å². The third kappa shape index (κ3) is 3.80. The van der Waals surface area contributed by atoms with Crippen LogP contribution in [0.3, 0.4) is 0 Å². The van der Waals surface area contributed by atoms with Crippen molar-refractivity contribution in [2.24, 2.45) is 0 Å². The van der Waals surface area contributed by atoms with E-state index in [4.69, 9.17) is 11.6 Å². The molecule has 1 rings (SSSR count). The normalized spacial score (nSPS) is 12.3. The van der Waals surface area contributed by atoms with E-state index >= 15 is 0 Å². The highest BCUT2D eigenvalue weighted by Crippen LogP contribution is 2.29. The molecule has 1 aromatic rings. The summed E-state index contributed by atoms with van der Waals surface area (Å²) in [5.41, 5.74) is 0.174. The Kier molecular flexibility index (Phi) is 4.12. The first-order valence-corrected chi connectivity index (χ1v) is 6.16. The molecule has 0 saturated carbocycles. The third-order valence-corrected chi connectivity index (χ3v) is 3.67. The minimum Gasteiger partial charge on any atom is -0.294 e. The monoisotopic (exact) mass is 242 g/mol. The van der Waals surface area contributed by atoms with Crippen LogP contribution in [0, 0.1) is 0 Å². The van der Waals surface area contributed by atoms with Crippen molar-refractivity contribution >= 4 is 34.8 Å². The van der Waals surface area contributed by atoms with Crippen LogP contribution in [0.4, 0.5) is 0 Å². The quantitative estimate of drug-likeness (QED) is 0.581. The van der Waals surface area contributed by atoms with Crippen LogP contribution >= 0.6 is 22.9 Å². The topological polar surface area (TPSA) is 17.1 Å². The van der Waals surface area contributed by atoms with Crippen LogP contribution < -0.4 is 0 Å². The van der Waals surface area contributed by atoms with Crippen LogP contribution in [0.25, 0.3) is 6.08 Å². The minimum atomic E-state index is -0.0534. The molecule has 0 atom stereocenters. The van der Waals surface area contributed by atoms with Gasteiger partial charge in [-0.25, -0.2) is 0 Å². The highest BCUT2D eigenvalue weighted by atomic mass is 35.5. The molecule has 15 heavy (non-hydrogen) atoms. The summed E-state index contributed by atoms with van der Waals surface area (Å²) in [7, 11) is 0. The summed E-state index contributed by atoms with van der Waals surface area (Å²) >= 11 is 7.11. The molecule has 0 N–H and O–H groups in total. The number of hydrogen-bond acceptors (Lipinski definition) is 2. The van der Waals surface area contributed by atoms with E-state index in [0.717, 1.165) is 4.88 Å². The minimum absolute atomic E-state index is 0.0496. The fourth-order valence-electron chi connectivity index (χ4n) is 1.07. The predicted molar refractivity (Wildman–Crippen MR) is 67.8 cm³/mol. The molecule has 0 bridgehead atoms. The highest BCUT2D eigenvalue weighted by molar-refractivity contribution is 7.13. The lowest BCUT2D eigenvalue weighted by Crippen LogP contribution is -2.07. The van der Waals surface area contributed by atoms with E-state index in [2.05, 4.69) is 26.8 Å². The average molecular weight is 243 g/mol. The third-order valence-electron chi connectivity index (χ3n) is 1.93. The number of carbonyl (C=O) groups is 1. The van der Waals surface area contributed by atoms with Crippen molar-refractivity contribution in [2.75, 3.05) is 5.88 Å². The molecule has 0 radical (unpaired) electrons. The number of ketones is 1. The molecule has 1 nitrogen and oxygen atoms in total. The van der Waals surface area contributed by atoms with Crippen molar-refractivity contribution in [2.45, 2.75) is 26.2 Å². The van der Waals surface area contributed by atoms with Gasteiger partial charge in [0.2, 0.25) is 0 Å². The molecule has 0 spiro atoms. The Morgan fingerprint density at radius 1 is 1.47 bits per heavy atom. The van der Waals surface area contributed by atoms with E-state index in [0.29, 0.717) is 0 Å². The molecular formula is C12H15ClOS. The zero-order valence-corrected chi connectivity index (χ0v) is 10.8. The van der Waals surface area contributed by atoms with E-state index in [9.17, 15) is 4.79 Å². The molecule has 0 amide bonds. The number of carbonyl (C=O) groups excluding carboxylic acids is 1. The van der Waals surface area contributed by atoms with Crippen molar-refractivity contribution in [1.29, 1.82) is 0 Å². The van der Waals surface area contributed by atoms with Gasteiger partial charge in [-0.05, 0) is 29.7 Å². The first kappa shape index (κ1) is 12.5. The molecule has 3 heteroatoms. The smallest absolute Gasteiger partial charge is 0.170 e. The van der Waals surface area contributed by atoms with Gasteiger partial charge in [0.1, 0.15) is 0 Å². The fraction of sp³-hybridized carbons (Fsp3) is 0.417. The van der Waals surface area contributed by atoms with Crippen molar-refractivity contribution in [3.63, 3.8) is 0 Å². The Balaban J connectivity index is 2.77. The van der Waals surface area contributed by atoms with Gasteiger partial charge in [-0.2, -0.15) is 0 Å². The standard InChI is InChI=1S/C12H15ClOS/c1-12(2,3)11-7-6-10(15-11)5-4-9(14)8-13/h4-7H,8H2,1-3H3/b5-4+. The SMILES string of the molecule is CC(C)(C)c1ccc(/C=C/C(=O)CCl)s1. The number of alkyl halides is 1. The number of allylic oxidation sites excluding steroid dienone is 1. The number of rotatable bonds is 3. The fourth-order valence-corrected chi connectivity index (χ4v) is 2.12. The Bertz CT molecular complexity index is 371.